The van der Waals surface area contributed by atoms with Crippen LogP contribution in [0.15, 0.2) is 17.6 Å². The molecule has 0 amide bonds. The average Bonchev–Trinajstić information content (AvgIpc) is 1.89. The molecule has 3 nitrogen and oxygen atoms in total. The molecule has 3 heteroatoms. The second-order valence-electron chi connectivity index (χ2n) is 1.87. The van der Waals surface area contributed by atoms with Gasteiger partial charge in [-0.15, -0.1) is 6.58 Å². The first-order valence-electron chi connectivity index (χ1n) is 3.46. The maximum absolute atomic E-state index is 5.43. The van der Waals surface area contributed by atoms with E-state index in [-0.39, 0.29) is 0 Å². The third-order valence-corrected chi connectivity index (χ3v) is 0.973. The summed E-state index contributed by atoms with van der Waals surface area (Å²) < 4.78 is 0. The van der Waals surface area contributed by atoms with Crippen LogP contribution < -0.4 is 11.1 Å². The molecule has 3 N–H and O–H groups in total. The Balaban J connectivity index is 3.36. The van der Waals surface area contributed by atoms with Gasteiger partial charge in [-0.25, -0.2) is 0 Å². The van der Waals surface area contributed by atoms with Crippen LogP contribution in [-0.2, 0) is 0 Å². The Hall–Kier alpha value is -0.990. The number of nitrogens with one attached hydrogen (secondary N) is 1. The summed E-state index contributed by atoms with van der Waals surface area (Å²) in [5.74, 6) is 0.518. The van der Waals surface area contributed by atoms with E-state index in [4.69, 9.17) is 5.73 Å². The monoisotopic (exact) mass is 141 g/mol. The lowest BCUT2D eigenvalue weighted by molar-refractivity contribution is 0.917. The van der Waals surface area contributed by atoms with Crippen molar-refractivity contribution in [3.8, 4) is 0 Å². The second-order valence-corrected chi connectivity index (χ2v) is 1.87. The van der Waals surface area contributed by atoms with Gasteiger partial charge in [0.05, 0.1) is 0 Å². The SMILES string of the molecule is C=CCCN=C(N)NCC. The summed E-state index contributed by atoms with van der Waals surface area (Å²) in [6.45, 7) is 7.10. The Morgan fingerprint density at radius 3 is 3.00 bits per heavy atom. The fourth-order valence-corrected chi connectivity index (χ4v) is 0.513. The van der Waals surface area contributed by atoms with E-state index in [1.165, 1.54) is 0 Å². The first kappa shape index (κ1) is 9.01. The standard InChI is InChI=1S/C7H15N3/c1-3-5-6-10-7(8)9-4-2/h3H,1,4-6H2,2H3,(H3,8,9,10). The number of guanidine groups is 1. The van der Waals surface area contributed by atoms with Crippen LogP contribution in [0, 0.1) is 0 Å². The topological polar surface area (TPSA) is 50.4 Å². The summed E-state index contributed by atoms with van der Waals surface area (Å²) in [5.41, 5.74) is 5.43. The fraction of sp³-hybridized carbons (Fsp3) is 0.571. The van der Waals surface area contributed by atoms with Crippen LogP contribution in [-0.4, -0.2) is 19.0 Å². The molecule has 0 saturated heterocycles. The van der Waals surface area contributed by atoms with Crippen LogP contribution in [0.25, 0.3) is 0 Å². The molecular weight excluding hydrogens is 126 g/mol. The third kappa shape index (κ3) is 5.15. The van der Waals surface area contributed by atoms with Crippen molar-refractivity contribution in [1.82, 2.24) is 5.32 Å². The Kier molecular flexibility index (Phi) is 5.53. The van der Waals surface area contributed by atoms with Gasteiger partial charge in [-0.1, -0.05) is 6.08 Å². The van der Waals surface area contributed by atoms with E-state index in [0.717, 1.165) is 19.5 Å². The highest BCUT2D eigenvalue weighted by Crippen LogP contribution is 1.79. The predicted molar refractivity (Wildman–Crippen MR) is 45.0 cm³/mol. The quantitative estimate of drug-likeness (QED) is 0.259. The minimum Gasteiger partial charge on any atom is -0.370 e. The van der Waals surface area contributed by atoms with Gasteiger partial charge in [0.25, 0.3) is 0 Å². The van der Waals surface area contributed by atoms with Gasteiger partial charge in [-0.3, -0.25) is 4.99 Å². The van der Waals surface area contributed by atoms with Gasteiger partial charge in [0, 0.05) is 13.1 Å². The molecule has 0 unspecified atom stereocenters. The highest BCUT2D eigenvalue weighted by atomic mass is 15.1. The van der Waals surface area contributed by atoms with Crippen LogP contribution in [0.3, 0.4) is 0 Å². The van der Waals surface area contributed by atoms with Gasteiger partial charge >= 0.3 is 0 Å². The molecule has 0 radical (unpaired) electrons. The van der Waals surface area contributed by atoms with Gasteiger partial charge < -0.3 is 11.1 Å². The highest BCUT2D eigenvalue weighted by Gasteiger charge is 1.83. The van der Waals surface area contributed by atoms with Crippen LogP contribution in [0.1, 0.15) is 13.3 Å². The maximum atomic E-state index is 5.43. The number of hydrogen-bond donors (Lipinski definition) is 2. The van der Waals surface area contributed by atoms with E-state index >= 15 is 0 Å². The largest absolute Gasteiger partial charge is 0.370 e. The normalized spacial score (nSPS) is 11.1. The van der Waals surface area contributed by atoms with Gasteiger partial charge in [-0.05, 0) is 13.3 Å². The Bertz CT molecular complexity index is 118. The predicted octanol–water partition coefficient (Wildman–Crippen LogP) is 0.487. The zero-order valence-electron chi connectivity index (χ0n) is 6.43. The minimum absolute atomic E-state index is 0.518. The van der Waals surface area contributed by atoms with Crippen molar-refractivity contribution in [1.29, 1.82) is 0 Å². The van der Waals surface area contributed by atoms with Crippen LogP contribution in [0.2, 0.25) is 0 Å². The van der Waals surface area contributed by atoms with E-state index in [0.29, 0.717) is 5.96 Å². The molecule has 0 fully saturated rings. The van der Waals surface area contributed by atoms with Gasteiger partial charge in [0.2, 0.25) is 0 Å². The highest BCUT2D eigenvalue weighted by molar-refractivity contribution is 5.77. The molecule has 58 valence electrons. The van der Waals surface area contributed by atoms with Crippen LogP contribution in [0.4, 0.5) is 0 Å². The molecule has 0 aliphatic carbocycles. The molecule has 10 heavy (non-hydrogen) atoms. The summed E-state index contributed by atoms with van der Waals surface area (Å²) in [6.07, 6.45) is 2.70. The molecule has 0 aromatic rings. The van der Waals surface area contributed by atoms with Crippen molar-refractivity contribution in [3.05, 3.63) is 12.7 Å². The molecule has 0 aliphatic heterocycles. The second kappa shape index (κ2) is 6.13. The zero-order valence-corrected chi connectivity index (χ0v) is 6.43. The number of hydrogen-bond acceptors (Lipinski definition) is 1. The molecule has 0 saturated carbocycles. The molecule has 0 atom stereocenters. The minimum atomic E-state index is 0.518. The van der Waals surface area contributed by atoms with Crippen molar-refractivity contribution in [3.63, 3.8) is 0 Å². The summed E-state index contributed by atoms with van der Waals surface area (Å²) in [4.78, 5) is 4.02. The Morgan fingerprint density at radius 2 is 2.50 bits per heavy atom. The molecule has 0 aromatic heterocycles. The van der Waals surface area contributed by atoms with Crippen LogP contribution >= 0.6 is 0 Å². The summed E-state index contributed by atoms with van der Waals surface area (Å²) >= 11 is 0. The molecule has 0 heterocycles. The number of nitrogens with zero attached hydrogens (tertiary/aromatic N) is 1. The first-order valence-corrected chi connectivity index (χ1v) is 3.46. The number of aliphatic imine (C=N–C) groups is 1. The smallest absolute Gasteiger partial charge is 0.188 e. The third-order valence-electron chi connectivity index (χ3n) is 0.973. The van der Waals surface area contributed by atoms with E-state index in [2.05, 4.69) is 16.9 Å². The Morgan fingerprint density at radius 1 is 1.80 bits per heavy atom. The number of nitrogens with two attached hydrogens (primary N) is 1. The summed E-state index contributed by atoms with van der Waals surface area (Å²) in [5, 5.41) is 2.90. The molecule has 0 rings (SSSR count). The van der Waals surface area contributed by atoms with Crippen molar-refractivity contribution < 1.29 is 0 Å². The van der Waals surface area contributed by atoms with Crippen molar-refractivity contribution in [2.75, 3.05) is 13.1 Å². The molecule has 0 aromatic carbocycles. The Labute approximate surface area is 62.0 Å². The molecule has 0 spiro atoms. The maximum Gasteiger partial charge on any atom is 0.188 e. The van der Waals surface area contributed by atoms with E-state index in [1.54, 1.807) is 0 Å². The van der Waals surface area contributed by atoms with Crippen molar-refractivity contribution in [2.45, 2.75) is 13.3 Å². The average molecular weight is 141 g/mol. The van der Waals surface area contributed by atoms with Crippen LogP contribution in [0.5, 0.6) is 0 Å². The van der Waals surface area contributed by atoms with Gasteiger partial charge in [-0.2, -0.15) is 0 Å². The molecule has 0 bridgehead atoms. The van der Waals surface area contributed by atoms with Crippen molar-refractivity contribution in [2.24, 2.45) is 10.7 Å². The van der Waals surface area contributed by atoms with Gasteiger partial charge in [0.15, 0.2) is 5.96 Å². The van der Waals surface area contributed by atoms with Crippen molar-refractivity contribution >= 4 is 5.96 Å². The summed E-state index contributed by atoms with van der Waals surface area (Å²) in [6, 6.07) is 0. The van der Waals surface area contributed by atoms with E-state index in [1.807, 2.05) is 13.0 Å². The number of rotatable bonds is 4. The fourth-order valence-electron chi connectivity index (χ4n) is 0.513. The lowest BCUT2D eigenvalue weighted by Gasteiger charge is -1.99. The van der Waals surface area contributed by atoms with E-state index in [9.17, 15) is 0 Å². The van der Waals surface area contributed by atoms with E-state index < -0.39 is 0 Å². The van der Waals surface area contributed by atoms with Gasteiger partial charge in [0.1, 0.15) is 0 Å². The molecular formula is C7H15N3. The first-order chi connectivity index (χ1) is 4.81. The summed E-state index contributed by atoms with van der Waals surface area (Å²) in [7, 11) is 0. The zero-order chi connectivity index (χ0) is 7.82. The lowest BCUT2D eigenvalue weighted by Crippen LogP contribution is -2.31. The lowest BCUT2D eigenvalue weighted by atomic mass is 10.4. The molecule has 0 aliphatic rings.